The van der Waals surface area contributed by atoms with Crippen LogP contribution in [0, 0.1) is 11.7 Å². The van der Waals surface area contributed by atoms with Gasteiger partial charge >= 0.3 is 6.03 Å². The van der Waals surface area contributed by atoms with E-state index in [0.29, 0.717) is 11.5 Å². The van der Waals surface area contributed by atoms with E-state index in [4.69, 9.17) is 10.5 Å². The monoisotopic (exact) mass is 482 g/mol. The molecule has 2 aromatic carbocycles. The number of rotatable bonds is 9. The van der Waals surface area contributed by atoms with Crippen molar-refractivity contribution in [3.8, 4) is 5.75 Å². The highest BCUT2D eigenvalue weighted by Gasteiger charge is 2.34. The first-order chi connectivity index (χ1) is 17.1. The number of para-hydroxylation sites is 2. The van der Waals surface area contributed by atoms with E-state index in [2.05, 4.69) is 21.2 Å². The zero-order valence-electron chi connectivity index (χ0n) is 20.8. The maximum absolute atomic E-state index is 15.0. The molecule has 3 N–H and O–H groups in total. The van der Waals surface area contributed by atoms with Gasteiger partial charge in [0.1, 0.15) is 11.6 Å². The van der Waals surface area contributed by atoms with Crippen molar-refractivity contribution < 1.29 is 13.9 Å². The minimum Gasteiger partial charge on any atom is -0.495 e. The Morgan fingerprint density at radius 3 is 2.43 bits per heavy atom. The number of halogens is 1. The van der Waals surface area contributed by atoms with Crippen molar-refractivity contribution in [2.75, 3.05) is 44.7 Å². The molecule has 0 spiro atoms. The fraction of sp³-hybridized carbons (Fsp3) is 0.536. The fourth-order valence-corrected chi connectivity index (χ4v) is 5.93. The summed E-state index contributed by atoms with van der Waals surface area (Å²) < 4.78 is 20.5. The van der Waals surface area contributed by atoms with Gasteiger partial charge in [-0.2, -0.15) is 0 Å². The number of carbonyl (C=O) groups is 1. The van der Waals surface area contributed by atoms with Crippen LogP contribution in [0.15, 0.2) is 48.5 Å². The molecule has 2 fully saturated rings. The Hall–Kier alpha value is -2.80. The lowest BCUT2D eigenvalue weighted by molar-refractivity contribution is 0.197. The highest BCUT2D eigenvalue weighted by molar-refractivity contribution is 5.72. The van der Waals surface area contributed by atoms with Gasteiger partial charge in [0.05, 0.1) is 12.8 Å². The lowest BCUT2D eigenvalue weighted by Crippen LogP contribution is -2.49. The predicted molar refractivity (Wildman–Crippen MR) is 138 cm³/mol. The quantitative estimate of drug-likeness (QED) is 0.541. The molecule has 0 bridgehead atoms. The van der Waals surface area contributed by atoms with Crippen LogP contribution < -0.4 is 20.7 Å². The molecule has 7 heteroatoms. The SMILES string of the molecule is COc1ccccc1N1CCN(CCC(c2ccccc2F)C(NC(N)=O)C2CCCCC2)CC1. The molecular formula is C28H39FN4O2. The number of hydrogen-bond acceptors (Lipinski definition) is 4. The van der Waals surface area contributed by atoms with Gasteiger partial charge in [0.15, 0.2) is 0 Å². The fourth-order valence-electron chi connectivity index (χ4n) is 5.93. The Bertz CT molecular complexity index is 957. The maximum Gasteiger partial charge on any atom is 0.312 e. The number of piperazine rings is 1. The molecule has 2 atom stereocenters. The molecule has 0 radical (unpaired) electrons. The Labute approximate surface area is 208 Å². The van der Waals surface area contributed by atoms with Crippen molar-refractivity contribution >= 4 is 11.7 Å². The van der Waals surface area contributed by atoms with E-state index in [1.165, 1.54) is 12.5 Å². The number of primary amides is 1. The van der Waals surface area contributed by atoms with Crippen LogP contribution >= 0.6 is 0 Å². The molecule has 2 aliphatic rings. The van der Waals surface area contributed by atoms with Crippen LogP contribution in [0.4, 0.5) is 14.9 Å². The largest absolute Gasteiger partial charge is 0.495 e. The lowest BCUT2D eigenvalue weighted by atomic mass is 9.75. The number of methoxy groups -OCH3 is 1. The normalized spacial score (nSPS) is 19.2. The van der Waals surface area contributed by atoms with Crippen molar-refractivity contribution in [2.45, 2.75) is 50.5 Å². The summed E-state index contributed by atoms with van der Waals surface area (Å²) in [5.74, 6) is 0.904. The zero-order chi connectivity index (χ0) is 24.6. The molecule has 190 valence electrons. The smallest absolute Gasteiger partial charge is 0.312 e. The standard InChI is InChI=1S/C28H39FN4O2/c1-35-26-14-8-7-13-25(26)33-19-17-32(18-20-33)16-15-23(22-11-5-6-12-24(22)29)27(31-28(30)34)21-9-3-2-4-10-21/h5-8,11-14,21,23,27H,2-4,9-10,15-20H2,1H3,(H3,30,31,34). The Morgan fingerprint density at radius 1 is 1.06 bits per heavy atom. The molecule has 2 aromatic rings. The van der Waals surface area contributed by atoms with Crippen molar-refractivity contribution in [3.05, 3.63) is 59.9 Å². The van der Waals surface area contributed by atoms with E-state index in [1.54, 1.807) is 13.2 Å². The summed E-state index contributed by atoms with van der Waals surface area (Å²) in [5.41, 5.74) is 7.43. The first kappa shape index (κ1) is 25.3. The molecule has 1 aliphatic carbocycles. The number of amides is 2. The number of ether oxygens (including phenoxy) is 1. The molecule has 1 heterocycles. The van der Waals surface area contributed by atoms with Gasteiger partial charge in [0.25, 0.3) is 0 Å². The second kappa shape index (κ2) is 12.2. The molecule has 1 saturated heterocycles. The van der Waals surface area contributed by atoms with E-state index in [0.717, 1.165) is 76.3 Å². The average molecular weight is 483 g/mol. The van der Waals surface area contributed by atoms with Crippen LogP contribution in [0.25, 0.3) is 0 Å². The third-order valence-electron chi connectivity index (χ3n) is 7.76. The number of hydrogen-bond donors (Lipinski definition) is 2. The van der Waals surface area contributed by atoms with Crippen LogP contribution in [0.5, 0.6) is 5.75 Å². The molecule has 2 amide bonds. The molecule has 35 heavy (non-hydrogen) atoms. The molecule has 4 rings (SSSR count). The summed E-state index contributed by atoms with van der Waals surface area (Å²) in [6.07, 6.45) is 6.39. The average Bonchev–Trinajstić information content (AvgIpc) is 2.89. The zero-order valence-corrected chi connectivity index (χ0v) is 20.8. The van der Waals surface area contributed by atoms with Crippen LogP contribution in [0.1, 0.15) is 50.0 Å². The number of carbonyl (C=O) groups excluding carboxylic acids is 1. The summed E-state index contributed by atoms with van der Waals surface area (Å²) in [5, 5.41) is 3.04. The van der Waals surface area contributed by atoms with Gasteiger partial charge in [-0.1, -0.05) is 49.6 Å². The molecule has 1 aliphatic heterocycles. The summed E-state index contributed by atoms with van der Waals surface area (Å²) in [7, 11) is 1.71. The minimum absolute atomic E-state index is 0.112. The predicted octanol–water partition coefficient (Wildman–Crippen LogP) is 4.75. The van der Waals surface area contributed by atoms with E-state index in [9.17, 15) is 4.79 Å². The van der Waals surface area contributed by atoms with Crippen molar-refractivity contribution in [3.63, 3.8) is 0 Å². The number of urea groups is 1. The third-order valence-corrected chi connectivity index (χ3v) is 7.76. The highest BCUT2D eigenvalue weighted by atomic mass is 19.1. The van der Waals surface area contributed by atoms with Crippen LogP contribution in [-0.2, 0) is 0 Å². The van der Waals surface area contributed by atoms with Crippen LogP contribution in [-0.4, -0.2) is 56.8 Å². The van der Waals surface area contributed by atoms with Crippen molar-refractivity contribution in [1.29, 1.82) is 0 Å². The first-order valence-corrected chi connectivity index (χ1v) is 13.0. The molecule has 0 aromatic heterocycles. The second-order valence-electron chi connectivity index (χ2n) is 9.85. The Kier molecular flexibility index (Phi) is 8.85. The van der Waals surface area contributed by atoms with Gasteiger partial charge in [-0.3, -0.25) is 4.90 Å². The van der Waals surface area contributed by atoms with Gasteiger partial charge in [0.2, 0.25) is 0 Å². The van der Waals surface area contributed by atoms with E-state index in [-0.39, 0.29) is 17.8 Å². The first-order valence-electron chi connectivity index (χ1n) is 13.0. The van der Waals surface area contributed by atoms with E-state index >= 15 is 4.39 Å². The number of nitrogens with one attached hydrogen (secondary N) is 1. The van der Waals surface area contributed by atoms with Gasteiger partial charge in [-0.05, 0) is 55.5 Å². The molecule has 2 unspecified atom stereocenters. The van der Waals surface area contributed by atoms with Gasteiger partial charge in [0, 0.05) is 38.1 Å². The van der Waals surface area contributed by atoms with Crippen molar-refractivity contribution in [2.24, 2.45) is 11.7 Å². The lowest BCUT2D eigenvalue weighted by Gasteiger charge is -2.39. The molecule has 6 nitrogen and oxygen atoms in total. The topological polar surface area (TPSA) is 70.8 Å². The Balaban J connectivity index is 1.46. The van der Waals surface area contributed by atoms with E-state index < -0.39 is 6.03 Å². The minimum atomic E-state index is -0.521. The van der Waals surface area contributed by atoms with Gasteiger partial charge in [-0.15, -0.1) is 0 Å². The molecular weight excluding hydrogens is 443 g/mol. The third kappa shape index (κ3) is 6.45. The number of nitrogens with zero attached hydrogens (tertiary/aromatic N) is 2. The number of benzene rings is 2. The number of nitrogens with two attached hydrogens (primary N) is 1. The maximum atomic E-state index is 15.0. The summed E-state index contributed by atoms with van der Waals surface area (Å²) >= 11 is 0. The number of anilines is 1. The molecule has 1 saturated carbocycles. The summed E-state index contributed by atoms with van der Waals surface area (Å²) in [6, 6.07) is 14.5. The summed E-state index contributed by atoms with van der Waals surface area (Å²) in [6.45, 7) is 4.54. The summed E-state index contributed by atoms with van der Waals surface area (Å²) in [4.78, 5) is 16.8. The highest BCUT2D eigenvalue weighted by Crippen LogP contribution is 2.37. The van der Waals surface area contributed by atoms with E-state index in [1.807, 2.05) is 30.3 Å². The van der Waals surface area contributed by atoms with Gasteiger partial charge < -0.3 is 20.7 Å². The van der Waals surface area contributed by atoms with Gasteiger partial charge in [-0.25, -0.2) is 9.18 Å². The van der Waals surface area contributed by atoms with Crippen LogP contribution in [0.3, 0.4) is 0 Å². The van der Waals surface area contributed by atoms with Crippen molar-refractivity contribution in [1.82, 2.24) is 10.2 Å². The Morgan fingerprint density at radius 2 is 1.74 bits per heavy atom. The second-order valence-corrected chi connectivity index (χ2v) is 9.85. The van der Waals surface area contributed by atoms with Crippen LogP contribution in [0.2, 0.25) is 0 Å².